The van der Waals surface area contributed by atoms with E-state index in [0.717, 1.165) is 37.1 Å². The fourth-order valence-corrected chi connectivity index (χ4v) is 8.00. The Kier molecular flexibility index (Phi) is 4.87. The predicted molar refractivity (Wildman–Crippen MR) is 122 cm³/mol. The van der Waals surface area contributed by atoms with Crippen molar-refractivity contribution in [3.8, 4) is 0 Å². The number of allylic oxidation sites excluding steroid dienone is 2. The van der Waals surface area contributed by atoms with Crippen molar-refractivity contribution in [3.05, 3.63) is 35.7 Å². The molecule has 30 heavy (non-hydrogen) atoms. The van der Waals surface area contributed by atoms with Gasteiger partial charge in [0.1, 0.15) is 0 Å². The van der Waals surface area contributed by atoms with Crippen molar-refractivity contribution in [1.82, 2.24) is 9.88 Å². The van der Waals surface area contributed by atoms with Gasteiger partial charge in [0.15, 0.2) is 0 Å². The van der Waals surface area contributed by atoms with Crippen LogP contribution in [0.15, 0.2) is 24.5 Å². The summed E-state index contributed by atoms with van der Waals surface area (Å²) in [5.74, 6) is 3.29. The van der Waals surface area contributed by atoms with E-state index >= 15 is 0 Å². The van der Waals surface area contributed by atoms with E-state index < -0.39 is 0 Å². The van der Waals surface area contributed by atoms with E-state index in [2.05, 4.69) is 44.1 Å². The van der Waals surface area contributed by atoms with Gasteiger partial charge >= 0.3 is 0 Å². The molecule has 3 aliphatic carbocycles. The Hall–Kier alpha value is -1.64. The van der Waals surface area contributed by atoms with Gasteiger partial charge < -0.3 is 4.90 Å². The van der Waals surface area contributed by atoms with Crippen LogP contribution in [0.3, 0.4) is 0 Å². The third-order valence-electron chi connectivity index (χ3n) is 9.99. The second-order valence-electron chi connectivity index (χ2n) is 11.2. The van der Waals surface area contributed by atoms with Crippen LogP contribution in [-0.2, 0) is 11.2 Å². The lowest BCUT2D eigenvalue weighted by atomic mass is 9.46. The summed E-state index contributed by atoms with van der Waals surface area (Å²) in [6.45, 7) is 8.25. The fourth-order valence-electron chi connectivity index (χ4n) is 8.00. The number of amides is 1. The Bertz CT molecular complexity index is 875. The average Bonchev–Trinajstić information content (AvgIpc) is 3.05. The summed E-state index contributed by atoms with van der Waals surface area (Å²) in [7, 11) is 2.00. The predicted octanol–water partition coefficient (Wildman–Crippen LogP) is 5.75. The SMILES string of the molecule is CCc1cncc(C2=CC[C@H]3[C@@H]4CC[C@H]5CC(=O)N(C)CC[C@]5(C)[C@H]4CC[C@]23C)c1. The van der Waals surface area contributed by atoms with Gasteiger partial charge in [-0.3, -0.25) is 9.78 Å². The summed E-state index contributed by atoms with van der Waals surface area (Å²) in [6.07, 6.45) is 16.1. The number of carbonyl (C=O) groups excluding carboxylic acids is 1. The second-order valence-corrected chi connectivity index (χ2v) is 11.2. The van der Waals surface area contributed by atoms with E-state index in [0.29, 0.717) is 17.2 Å². The Labute approximate surface area is 182 Å². The zero-order valence-electron chi connectivity index (χ0n) is 19.3. The minimum Gasteiger partial charge on any atom is -0.346 e. The molecule has 0 spiro atoms. The molecule has 3 heteroatoms. The molecule has 0 N–H and O–H groups in total. The standard InChI is InChI=1S/C27H38N2O/c1-5-18-14-19(17-28-16-18)22-8-9-23-21-7-6-20-15-25(30)29(4)13-12-26(20,2)24(21)10-11-27(22,23)3/h8,14,16-17,20-21,23-24H,5-7,9-13,15H2,1-4H3/t20-,21-,23-,24-,26-,27+/m0/s1. The van der Waals surface area contributed by atoms with Crippen LogP contribution < -0.4 is 0 Å². The molecule has 3 nitrogen and oxygen atoms in total. The summed E-state index contributed by atoms with van der Waals surface area (Å²) in [4.78, 5) is 19.1. The van der Waals surface area contributed by atoms with Crippen LogP contribution in [0.25, 0.3) is 5.57 Å². The van der Waals surface area contributed by atoms with E-state index in [-0.39, 0.29) is 5.41 Å². The largest absolute Gasteiger partial charge is 0.346 e. The number of fused-ring (bicyclic) bond motifs is 5. The molecule has 1 aromatic heterocycles. The maximum atomic E-state index is 12.6. The summed E-state index contributed by atoms with van der Waals surface area (Å²) < 4.78 is 0. The first-order valence-corrected chi connectivity index (χ1v) is 12.3. The van der Waals surface area contributed by atoms with Crippen molar-refractivity contribution in [2.24, 2.45) is 34.5 Å². The molecule has 2 saturated carbocycles. The first-order chi connectivity index (χ1) is 14.4. The van der Waals surface area contributed by atoms with Crippen molar-refractivity contribution in [3.63, 3.8) is 0 Å². The minimum atomic E-state index is 0.287. The van der Waals surface area contributed by atoms with Crippen molar-refractivity contribution >= 4 is 11.5 Å². The number of carbonyl (C=O) groups is 1. The highest BCUT2D eigenvalue weighted by atomic mass is 16.2. The molecule has 1 aliphatic heterocycles. The Morgan fingerprint density at radius 2 is 1.97 bits per heavy atom. The third kappa shape index (κ3) is 2.91. The lowest BCUT2D eigenvalue weighted by Crippen LogP contribution is -2.51. The lowest BCUT2D eigenvalue weighted by Gasteiger charge is -2.58. The van der Waals surface area contributed by atoms with E-state index in [1.165, 1.54) is 49.7 Å². The van der Waals surface area contributed by atoms with Crippen LogP contribution in [0.4, 0.5) is 0 Å². The maximum absolute atomic E-state index is 12.6. The number of aryl methyl sites for hydroxylation is 1. The first-order valence-electron chi connectivity index (χ1n) is 12.3. The van der Waals surface area contributed by atoms with Crippen molar-refractivity contribution in [1.29, 1.82) is 0 Å². The molecular weight excluding hydrogens is 368 g/mol. The molecular formula is C27H38N2O. The Balaban J connectivity index is 1.43. The fraction of sp³-hybridized carbons (Fsp3) is 0.704. The van der Waals surface area contributed by atoms with E-state index in [9.17, 15) is 4.79 Å². The van der Waals surface area contributed by atoms with Gasteiger partial charge in [0.05, 0.1) is 0 Å². The number of hydrogen-bond acceptors (Lipinski definition) is 2. The quantitative estimate of drug-likeness (QED) is 0.627. The normalized spacial score (nSPS) is 40.9. The smallest absolute Gasteiger partial charge is 0.222 e. The van der Waals surface area contributed by atoms with Crippen molar-refractivity contribution in [2.45, 2.75) is 72.1 Å². The molecule has 0 bridgehead atoms. The minimum absolute atomic E-state index is 0.287. The zero-order valence-corrected chi connectivity index (χ0v) is 19.3. The third-order valence-corrected chi connectivity index (χ3v) is 9.99. The Morgan fingerprint density at radius 3 is 2.77 bits per heavy atom. The molecule has 1 aromatic rings. The lowest BCUT2D eigenvalue weighted by molar-refractivity contribution is -0.131. The number of likely N-dealkylation sites (tertiary alicyclic amines) is 1. The molecule has 1 saturated heterocycles. The van der Waals surface area contributed by atoms with E-state index in [4.69, 9.17) is 0 Å². The summed E-state index contributed by atoms with van der Waals surface area (Å²) in [5.41, 5.74) is 4.89. The second kappa shape index (κ2) is 7.21. The molecule has 0 radical (unpaired) electrons. The molecule has 1 amide bonds. The molecule has 0 unspecified atom stereocenters. The monoisotopic (exact) mass is 406 g/mol. The number of rotatable bonds is 2. The summed E-state index contributed by atoms with van der Waals surface area (Å²) in [5, 5.41) is 0. The van der Waals surface area contributed by atoms with Gasteiger partial charge in [0, 0.05) is 32.4 Å². The molecule has 4 aliphatic rings. The summed E-state index contributed by atoms with van der Waals surface area (Å²) in [6, 6.07) is 2.38. The summed E-state index contributed by atoms with van der Waals surface area (Å²) >= 11 is 0. The molecule has 0 aromatic carbocycles. The highest BCUT2D eigenvalue weighted by Gasteiger charge is 2.58. The van der Waals surface area contributed by atoms with E-state index in [1.54, 1.807) is 5.57 Å². The number of pyridine rings is 1. The van der Waals surface area contributed by atoms with Gasteiger partial charge in [-0.15, -0.1) is 0 Å². The van der Waals surface area contributed by atoms with Gasteiger partial charge in [-0.1, -0.05) is 26.8 Å². The van der Waals surface area contributed by atoms with Crippen LogP contribution in [0.2, 0.25) is 0 Å². The number of nitrogens with zero attached hydrogens (tertiary/aromatic N) is 2. The van der Waals surface area contributed by atoms with E-state index in [1.807, 2.05) is 18.1 Å². The van der Waals surface area contributed by atoms with Crippen molar-refractivity contribution in [2.75, 3.05) is 13.6 Å². The van der Waals surface area contributed by atoms with Crippen LogP contribution in [0, 0.1) is 34.5 Å². The van der Waals surface area contributed by atoms with Crippen LogP contribution in [-0.4, -0.2) is 29.4 Å². The zero-order chi connectivity index (χ0) is 21.1. The highest BCUT2D eigenvalue weighted by molar-refractivity contribution is 5.76. The maximum Gasteiger partial charge on any atom is 0.222 e. The van der Waals surface area contributed by atoms with Crippen LogP contribution >= 0.6 is 0 Å². The average molecular weight is 407 g/mol. The van der Waals surface area contributed by atoms with Gasteiger partial charge in [0.25, 0.3) is 0 Å². The van der Waals surface area contributed by atoms with Gasteiger partial charge in [-0.2, -0.15) is 0 Å². The topological polar surface area (TPSA) is 33.2 Å². The number of hydrogen-bond donors (Lipinski definition) is 0. The molecule has 5 rings (SSSR count). The van der Waals surface area contributed by atoms with Gasteiger partial charge in [-0.25, -0.2) is 0 Å². The highest BCUT2D eigenvalue weighted by Crippen LogP contribution is 2.66. The first kappa shape index (κ1) is 20.3. The molecule has 6 atom stereocenters. The van der Waals surface area contributed by atoms with Crippen LogP contribution in [0.1, 0.15) is 76.8 Å². The van der Waals surface area contributed by atoms with Gasteiger partial charge in [-0.05, 0) is 102 Å². The number of aromatic nitrogens is 1. The Morgan fingerprint density at radius 1 is 1.13 bits per heavy atom. The molecule has 3 fully saturated rings. The molecule has 2 heterocycles. The van der Waals surface area contributed by atoms with Crippen molar-refractivity contribution < 1.29 is 4.79 Å². The van der Waals surface area contributed by atoms with Gasteiger partial charge in [0.2, 0.25) is 5.91 Å². The van der Waals surface area contributed by atoms with Crippen LogP contribution in [0.5, 0.6) is 0 Å². The molecule has 162 valence electrons.